The first-order valence-corrected chi connectivity index (χ1v) is 15.5. The summed E-state index contributed by atoms with van der Waals surface area (Å²) in [5.41, 5.74) is 2.70. The predicted octanol–water partition coefficient (Wildman–Crippen LogP) is 10.5. The predicted molar refractivity (Wildman–Crippen MR) is 152 cm³/mol. The molecule has 0 aliphatic heterocycles. The molecule has 0 heterocycles. The highest BCUT2D eigenvalue weighted by molar-refractivity contribution is 5.39. The summed E-state index contributed by atoms with van der Waals surface area (Å²) < 4.78 is 0. The summed E-state index contributed by atoms with van der Waals surface area (Å²) >= 11 is 0. The Morgan fingerprint density at radius 1 is 0.686 bits per heavy atom. The maximum Gasteiger partial charge on any atom is 0.0249 e. The minimum atomic E-state index is 0.756. The maximum atomic E-state index is 3.38. The van der Waals surface area contributed by atoms with Gasteiger partial charge in [-0.1, -0.05) is 88.8 Å². The second kappa shape index (κ2) is 14.3. The molecule has 3 aliphatic rings. The molecule has 0 radical (unpaired) electrons. The monoisotopic (exact) mass is 472 g/mol. The third kappa shape index (κ3) is 8.27. The molecular formula is C35H52. The Morgan fingerprint density at radius 2 is 1.29 bits per heavy atom. The van der Waals surface area contributed by atoms with Gasteiger partial charge < -0.3 is 0 Å². The van der Waals surface area contributed by atoms with Crippen LogP contribution in [0, 0.1) is 41.4 Å². The van der Waals surface area contributed by atoms with Crippen molar-refractivity contribution in [1.29, 1.82) is 0 Å². The summed E-state index contributed by atoms with van der Waals surface area (Å²) in [7, 11) is 0. The van der Waals surface area contributed by atoms with Gasteiger partial charge in [0, 0.05) is 5.56 Å². The molecule has 0 atom stereocenters. The number of benzene rings is 1. The number of hydrogen-bond acceptors (Lipinski definition) is 0. The SMILES string of the molecule is CCCCC1CCC(c2ccc(C#C/C=C/C3CCC(C4CCC(CCC)CC4)CC3)cc2)CC1. The molecule has 3 fully saturated rings. The Bertz CT molecular complexity index is 794. The second-order valence-corrected chi connectivity index (χ2v) is 12.4. The van der Waals surface area contributed by atoms with Gasteiger partial charge in [-0.25, -0.2) is 0 Å². The van der Waals surface area contributed by atoms with Crippen molar-refractivity contribution in [2.24, 2.45) is 29.6 Å². The molecule has 4 rings (SSSR count). The highest BCUT2D eigenvalue weighted by atomic mass is 14.4. The van der Waals surface area contributed by atoms with Crippen LogP contribution in [0.5, 0.6) is 0 Å². The smallest absolute Gasteiger partial charge is 0.0249 e. The van der Waals surface area contributed by atoms with Crippen LogP contribution in [0.2, 0.25) is 0 Å². The Balaban J connectivity index is 1.16. The first-order chi connectivity index (χ1) is 17.2. The number of allylic oxidation sites excluding steroid dienone is 2. The van der Waals surface area contributed by atoms with E-state index in [2.05, 4.69) is 62.1 Å². The molecule has 0 N–H and O–H groups in total. The van der Waals surface area contributed by atoms with Crippen LogP contribution in [0.25, 0.3) is 0 Å². The van der Waals surface area contributed by atoms with E-state index in [0.717, 1.165) is 41.1 Å². The number of hydrogen-bond donors (Lipinski definition) is 0. The molecule has 192 valence electrons. The summed E-state index contributed by atoms with van der Waals surface area (Å²) in [5, 5.41) is 0. The zero-order valence-electron chi connectivity index (χ0n) is 22.9. The zero-order valence-corrected chi connectivity index (χ0v) is 22.9. The van der Waals surface area contributed by atoms with Gasteiger partial charge in [0.25, 0.3) is 0 Å². The minimum absolute atomic E-state index is 0.756. The fraction of sp³-hybridized carbons (Fsp3) is 0.714. The van der Waals surface area contributed by atoms with E-state index >= 15 is 0 Å². The molecule has 1 aromatic carbocycles. The fourth-order valence-corrected chi connectivity index (χ4v) is 7.59. The van der Waals surface area contributed by atoms with E-state index in [1.54, 1.807) is 0 Å². The van der Waals surface area contributed by atoms with E-state index in [9.17, 15) is 0 Å². The van der Waals surface area contributed by atoms with Crippen LogP contribution in [-0.2, 0) is 0 Å². The second-order valence-electron chi connectivity index (χ2n) is 12.4. The van der Waals surface area contributed by atoms with Crippen molar-refractivity contribution in [2.45, 2.75) is 129 Å². The average molecular weight is 473 g/mol. The highest BCUT2D eigenvalue weighted by Crippen LogP contribution is 2.42. The molecule has 3 aliphatic carbocycles. The van der Waals surface area contributed by atoms with E-state index in [1.807, 2.05) is 0 Å². The molecule has 0 saturated heterocycles. The molecule has 3 saturated carbocycles. The van der Waals surface area contributed by atoms with Gasteiger partial charge in [-0.3, -0.25) is 0 Å². The summed E-state index contributed by atoms with van der Waals surface area (Å²) in [5.74, 6) is 12.3. The van der Waals surface area contributed by atoms with Gasteiger partial charge in [-0.05, 0) is 123 Å². The third-order valence-corrected chi connectivity index (χ3v) is 9.93. The van der Waals surface area contributed by atoms with Crippen molar-refractivity contribution in [3.8, 4) is 11.8 Å². The van der Waals surface area contributed by atoms with E-state index in [1.165, 1.54) is 115 Å². The van der Waals surface area contributed by atoms with Crippen LogP contribution < -0.4 is 0 Å². The largest absolute Gasteiger partial charge is 0.0730 e. The van der Waals surface area contributed by atoms with Gasteiger partial charge in [0.15, 0.2) is 0 Å². The number of rotatable bonds is 8. The van der Waals surface area contributed by atoms with Crippen molar-refractivity contribution < 1.29 is 0 Å². The van der Waals surface area contributed by atoms with Gasteiger partial charge in [-0.15, -0.1) is 0 Å². The topological polar surface area (TPSA) is 0 Å². The average Bonchev–Trinajstić information content (AvgIpc) is 2.92. The van der Waals surface area contributed by atoms with Crippen molar-refractivity contribution in [1.82, 2.24) is 0 Å². The fourth-order valence-electron chi connectivity index (χ4n) is 7.59. The molecule has 35 heavy (non-hydrogen) atoms. The first-order valence-electron chi connectivity index (χ1n) is 15.5. The minimum Gasteiger partial charge on any atom is -0.0730 e. The van der Waals surface area contributed by atoms with Crippen LogP contribution in [0.1, 0.15) is 140 Å². The van der Waals surface area contributed by atoms with Gasteiger partial charge in [0.1, 0.15) is 0 Å². The van der Waals surface area contributed by atoms with E-state index in [-0.39, 0.29) is 0 Å². The Labute approximate surface area is 217 Å². The third-order valence-electron chi connectivity index (χ3n) is 9.93. The van der Waals surface area contributed by atoms with Gasteiger partial charge in [0.05, 0.1) is 0 Å². The lowest BCUT2D eigenvalue weighted by Crippen LogP contribution is -2.25. The molecule has 0 aromatic heterocycles. The van der Waals surface area contributed by atoms with Crippen molar-refractivity contribution in [2.75, 3.05) is 0 Å². The molecule has 0 bridgehead atoms. The summed E-state index contributed by atoms with van der Waals surface area (Å²) in [6.45, 7) is 4.66. The Morgan fingerprint density at radius 3 is 1.91 bits per heavy atom. The van der Waals surface area contributed by atoms with Gasteiger partial charge in [0.2, 0.25) is 0 Å². The molecule has 1 aromatic rings. The van der Waals surface area contributed by atoms with Crippen molar-refractivity contribution in [3.63, 3.8) is 0 Å². The van der Waals surface area contributed by atoms with Crippen LogP contribution in [0.15, 0.2) is 36.4 Å². The van der Waals surface area contributed by atoms with Crippen LogP contribution >= 0.6 is 0 Å². The van der Waals surface area contributed by atoms with Crippen molar-refractivity contribution in [3.05, 3.63) is 47.5 Å². The lowest BCUT2D eigenvalue weighted by atomic mass is 9.69. The lowest BCUT2D eigenvalue weighted by Gasteiger charge is -2.37. The number of unbranched alkanes of at least 4 members (excludes halogenated alkanes) is 1. The van der Waals surface area contributed by atoms with Gasteiger partial charge >= 0.3 is 0 Å². The van der Waals surface area contributed by atoms with E-state index in [4.69, 9.17) is 0 Å². The summed E-state index contributed by atoms with van der Waals surface area (Å²) in [6.07, 6.45) is 28.9. The highest BCUT2D eigenvalue weighted by Gasteiger charge is 2.30. The van der Waals surface area contributed by atoms with E-state index in [0.29, 0.717) is 0 Å². The molecule has 0 nitrogen and oxygen atoms in total. The van der Waals surface area contributed by atoms with E-state index < -0.39 is 0 Å². The van der Waals surface area contributed by atoms with Crippen molar-refractivity contribution >= 4 is 0 Å². The molecule has 0 amide bonds. The maximum absolute atomic E-state index is 3.38. The van der Waals surface area contributed by atoms with Crippen LogP contribution in [0.3, 0.4) is 0 Å². The molecule has 0 spiro atoms. The lowest BCUT2D eigenvalue weighted by molar-refractivity contribution is 0.152. The Hall–Kier alpha value is -1.48. The summed E-state index contributed by atoms with van der Waals surface area (Å²) in [6, 6.07) is 9.20. The Kier molecular flexibility index (Phi) is 10.9. The zero-order chi connectivity index (χ0) is 24.3. The molecule has 0 unspecified atom stereocenters. The van der Waals surface area contributed by atoms with Crippen LogP contribution in [-0.4, -0.2) is 0 Å². The normalized spacial score (nSPS) is 31.7. The molecule has 0 heteroatoms. The quantitative estimate of drug-likeness (QED) is 0.330. The van der Waals surface area contributed by atoms with Gasteiger partial charge in [-0.2, -0.15) is 0 Å². The van der Waals surface area contributed by atoms with Crippen LogP contribution in [0.4, 0.5) is 0 Å². The standard InChI is InChI=1S/C35H52/c1-3-5-9-29-14-22-33(23-15-29)35-26-18-31(19-27-35)11-7-6-10-30-16-24-34(25-17-30)32-20-12-28(8-4-2)13-21-32/h6,10,18-19,26-30,32-34H,3-5,8-9,12-17,20-25H2,1-2H3/b10-6+. The summed E-state index contributed by atoms with van der Waals surface area (Å²) in [4.78, 5) is 0. The first kappa shape index (κ1) is 26.6. The molecular weight excluding hydrogens is 420 g/mol.